The Morgan fingerprint density at radius 1 is 1.21 bits per heavy atom. The number of rotatable bonds is 4. The average Bonchev–Trinajstić information content (AvgIpc) is 2.67. The minimum absolute atomic E-state index is 0.100. The van der Waals surface area contributed by atoms with Gasteiger partial charge in [-0.25, -0.2) is 4.79 Å². The normalized spacial score (nSPS) is 18.0. The Kier molecular flexibility index (Phi) is 6.55. The van der Waals surface area contributed by atoms with Crippen LogP contribution in [0.1, 0.15) is 39.0 Å². The van der Waals surface area contributed by atoms with E-state index in [1.807, 2.05) is 49.9 Å². The van der Waals surface area contributed by atoms with Gasteiger partial charge >= 0.3 is 6.09 Å². The van der Waals surface area contributed by atoms with Crippen LogP contribution < -0.4 is 5.73 Å². The van der Waals surface area contributed by atoms with Gasteiger partial charge in [-0.15, -0.1) is 0 Å². The molecule has 1 atom stereocenters. The lowest BCUT2D eigenvalue weighted by Gasteiger charge is -2.40. The van der Waals surface area contributed by atoms with Crippen molar-refractivity contribution in [3.8, 4) is 11.3 Å². The molecular weight excluding hydrogens is 364 g/mol. The zero-order valence-electron chi connectivity index (χ0n) is 17.9. The maximum atomic E-state index is 12.4. The van der Waals surface area contributed by atoms with Crippen LogP contribution in [-0.4, -0.2) is 52.2 Å². The second-order valence-corrected chi connectivity index (χ2v) is 8.68. The summed E-state index contributed by atoms with van der Waals surface area (Å²) in [6.07, 6.45) is -0.232. The molecule has 1 aromatic carbocycles. The zero-order chi connectivity index (χ0) is 21.0. The van der Waals surface area contributed by atoms with Gasteiger partial charge < -0.3 is 15.4 Å². The van der Waals surface area contributed by atoms with Crippen LogP contribution in [0, 0.1) is 0 Å². The Bertz CT molecular complexity index is 847. The summed E-state index contributed by atoms with van der Waals surface area (Å²) in [5.74, 6) is 0. The largest absolute Gasteiger partial charge is 0.444 e. The molecule has 6 nitrogen and oxygen atoms in total. The summed E-state index contributed by atoms with van der Waals surface area (Å²) in [7, 11) is 0. The van der Waals surface area contributed by atoms with Crippen molar-refractivity contribution in [3.63, 3.8) is 0 Å². The van der Waals surface area contributed by atoms with Crippen LogP contribution in [0.2, 0.25) is 0 Å². The molecule has 0 spiro atoms. The number of benzene rings is 1. The third-order valence-electron chi connectivity index (χ3n) is 4.99. The number of nitrogens with two attached hydrogens (primary N) is 1. The molecule has 1 saturated heterocycles. The number of carbonyl (C=O) groups excluding carboxylic acids is 1. The van der Waals surface area contributed by atoms with Gasteiger partial charge in [-0.2, -0.15) is 0 Å². The van der Waals surface area contributed by atoms with Crippen molar-refractivity contribution in [2.24, 2.45) is 5.73 Å². The standard InChI is InChI=1S/C23H32N4O2/c1-17-15-26(11-12-27(17)22(28)29-23(2,3)4)16-20-9-6-10-21(25-20)19-8-5-7-18(13-19)14-24/h5-10,13,17H,11-12,14-16,24H2,1-4H3. The number of carbonyl (C=O) groups is 1. The number of nitrogens with zero attached hydrogens (tertiary/aromatic N) is 3. The van der Waals surface area contributed by atoms with Gasteiger partial charge in [0.05, 0.1) is 11.4 Å². The zero-order valence-corrected chi connectivity index (χ0v) is 17.9. The molecule has 0 bridgehead atoms. The van der Waals surface area contributed by atoms with Gasteiger partial charge in [0, 0.05) is 44.3 Å². The molecule has 2 aromatic rings. The number of amides is 1. The number of aromatic nitrogens is 1. The number of piperazine rings is 1. The summed E-state index contributed by atoms with van der Waals surface area (Å²) in [5.41, 5.74) is 9.46. The molecule has 6 heteroatoms. The number of hydrogen-bond acceptors (Lipinski definition) is 5. The van der Waals surface area contributed by atoms with Crippen molar-refractivity contribution in [2.75, 3.05) is 19.6 Å². The first-order valence-corrected chi connectivity index (χ1v) is 10.2. The van der Waals surface area contributed by atoms with E-state index in [1.165, 1.54) is 0 Å². The molecule has 0 saturated carbocycles. The van der Waals surface area contributed by atoms with Crippen molar-refractivity contribution in [3.05, 3.63) is 53.7 Å². The van der Waals surface area contributed by atoms with Crippen LogP contribution in [0.4, 0.5) is 4.79 Å². The van der Waals surface area contributed by atoms with Crippen molar-refractivity contribution in [1.29, 1.82) is 0 Å². The molecule has 3 rings (SSSR count). The third kappa shape index (κ3) is 5.78. The topological polar surface area (TPSA) is 71.7 Å². The molecule has 0 aliphatic carbocycles. The molecule has 1 aromatic heterocycles. The maximum absolute atomic E-state index is 12.4. The van der Waals surface area contributed by atoms with Gasteiger partial charge in [-0.05, 0) is 51.5 Å². The Morgan fingerprint density at radius 2 is 1.97 bits per heavy atom. The fraction of sp³-hybridized carbons (Fsp3) is 0.478. The number of hydrogen-bond donors (Lipinski definition) is 1. The molecule has 2 heterocycles. The summed E-state index contributed by atoms with van der Waals surface area (Å²) in [6, 6.07) is 14.4. The van der Waals surface area contributed by atoms with E-state index in [0.717, 1.165) is 42.1 Å². The van der Waals surface area contributed by atoms with Crippen LogP contribution in [0.5, 0.6) is 0 Å². The molecule has 1 fully saturated rings. The monoisotopic (exact) mass is 396 g/mol. The van der Waals surface area contributed by atoms with Crippen molar-refractivity contribution in [1.82, 2.24) is 14.8 Å². The van der Waals surface area contributed by atoms with Gasteiger partial charge in [-0.1, -0.05) is 24.3 Å². The molecule has 1 aliphatic heterocycles. The molecular formula is C23H32N4O2. The van der Waals surface area contributed by atoms with E-state index >= 15 is 0 Å². The first kappa shape index (κ1) is 21.3. The summed E-state index contributed by atoms with van der Waals surface area (Å²) in [6.45, 7) is 11.3. The van der Waals surface area contributed by atoms with E-state index in [9.17, 15) is 4.79 Å². The smallest absolute Gasteiger partial charge is 0.410 e. The van der Waals surface area contributed by atoms with Gasteiger partial charge in [0.1, 0.15) is 5.60 Å². The summed E-state index contributed by atoms with van der Waals surface area (Å²) in [4.78, 5) is 21.4. The van der Waals surface area contributed by atoms with E-state index in [2.05, 4.69) is 30.0 Å². The van der Waals surface area contributed by atoms with Crippen molar-refractivity contribution >= 4 is 6.09 Å². The van der Waals surface area contributed by atoms with E-state index < -0.39 is 5.60 Å². The van der Waals surface area contributed by atoms with E-state index in [-0.39, 0.29) is 12.1 Å². The van der Waals surface area contributed by atoms with Crippen molar-refractivity contribution in [2.45, 2.75) is 52.4 Å². The fourth-order valence-corrected chi connectivity index (χ4v) is 3.58. The number of pyridine rings is 1. The molecule has 1 aliphatic rings. The Balaban J connectivity index is 1.64. The van der Waals surface area contributed by atoms with Crippen LogP contribution in [0.3, 0.4) is 0 Å². The molecule has 2 N–H and O–H groups in total. The third-order valence-corrected chi connectivity index (χ3v) is 4.99. The van der Waals surface area contributed by atoms with E-state index in [0.29, 0.717) is 13.1 Å². The summed E-state index contributed by atoms with van der Waals surface area (Å²) < 4.78 is 5.53. The van der Waals surface area contributed by atoms with E-state index in [1.54, 1.807) is 0 Å². The first-order valence-electron chi connectivity index (χ1n) is 10.2. The second kappa shape index (κ2) is 8.93. The summed E-state index contributed by atoms with van der Waals surface area (Å²) in [5, 5.41) is 0. The van der Waals surface area contributed by atoms with Gasteiger partial charge in [0.25, 0.3) is 0 Å². The maximum Gasteiger partial charge on any atom is 0.410 e. The van der Waals surface area contributed by atoms with Crippen LogP contribution in [0.15, 0.2) is 42.5 Å². The predicted octanol–water partition coefficient (Wildman–Crippen LogP) is 3.65. The lowest BCUT2D eigenvalue weighted by molar-refractivity contribution is 0.000442. The summed E-state index contributed by atoms with van der Waals surface area (Å²) >= 11 is 0. The van der Waals surface area contributed by atoms with Crippen LogP contribution in [0.25, 0.3) is 11.3 Å². The molecule has 156 valence electrons. The van der Waals surface area contributed by atoms with Crippen molar-refractivity contribution < 1.29 is 9.53 Å². The minimum atomic E-state index is -0.473. The first-order chi connectivity index (χ1) is 13.7. The van der Waals surface area contributed by atoms with Crippen LogP contribution >= 0.6 is 0 Å². The lowest BCUT2D eigenvalue weighted by Crippen LogP contribution is -2.54. The van der Waals surface area contributed by atoms with E-state index in [4.69, 9.17) is 15.5 Å². The number of ether oxygens (including phenoxy) is 1. The Hall–Kier alpha value is -2.44. The lowest BCUT2D eigenvalue weighted by atomic mass is 10.1. The highest BCUT2D eigenvalue weighted by Gasteiger charge is 2.30. The highest BCUT2D eigenvalue weighted by atomic mass is 16.6. The minimum Gasteiger partial charge on any atom is -0.444 e. The second-order valence-electron chi connectivity index (χ2n) is 8.68. The Morgan fingerprint density at radius 3 is 2.66 bits per heavy atom. The highest BCUT2D eigenvalue weighted by molar-refractivity contribution is 5.68. The molecule has 1 unspecified atom stereocenters. The van der Waals surface area contributed by atoms with Gasteiger partial charge in [0.15, 0.2) is 0 Å². The fourth-order valence-electron chi connectivity index (χ4n) is 3.58. The molecule has 29 heavy (non-hydrogen) atoms. The average molecular weight is 397 g/mol. The van der Waals surface area contributed by atoms with Gasteiger partial charge in [-0.3, -0.25) is 9.88 Å². The van der Waals surface area contributed by atoms with Gasteiger partial charge in [0.2, 0.25) is 0 Å². The van der Waals surface area contributed by atoms with Crippen LogP contribution in [-0.2, 0) is 17.8 Å². The SMILES string of the molecule is CC1CN(Cc2cccc(-c3cccc(CN)c3)n2)CCN1C(=O)OC(C)(C)C. The molecule has 0 radical (unpaired) electrons. The molecule has 1 amide bonds. The Labute approximate surface area is 173 Å². The predicted molar refractivity (Wildman–Crippen MR) is 115 cm³/mol. The quantitative estimate of drug-likeness (QED) is 0.854. The highest BCUT2D eigenvalue weighted by Crippen LogP contribution is 2.20.